The fourth-order valence-electron chi connectivity index (χ4n) is 5.78. The zero-order valence-corrected chi connectivity index (χ0v) is 23.5. The third-order valence-corrected chi connectivity index (χ3v) is 8.95. The van der Waals surface area contributed by atoms with E-state index in [2.05, 4.69) is 0 Å². The fraction of sp³-hybridized carbons (Fsp3) is 0.235. The summed E-state index contributed by atoms with van der Waals surface area (Å²) in [5.74, 6) is -0.720. The molecule has 2 fully saturated rings. The molecule has 42 heavy (non-hydrogen) atoms. The van der Waals surface area contributed by atoms with Crippen LogP contribution in [-0.4, -0.2) is 53.1 Å². The molecule has 0 aromatic heterocycles. The Morgan fingerprint density at radius 3 is 2.00 bits per heavy atom. The first-order chi connectivity index (χ1) is 20.7. The van der Waals surface area contributed by atoms with Crippen molar-refractivity contribution in [2.24, 2.45) is 0 Å². The van der Waals surface area contributed by atoms with E-state index in [4.69, 9.17) is 18.9 Å². The summed E-state index contributed by atoms with van der Waals surface area (Å²) in [6.45, 7) is 0.549. The van der Waals surface area contributed by atoms with Crippen molar-refractivity contribution in [3.63, 3.8) is 0 Å². The van der Waals surface area contributed by atoms with Crippen molar-refractivity contribution in [2.75, 3.05) is 6.61 Å². The molecule has 0 aliphatic carbocycles. The highest BCUT2D eigenvalue weighted by molar-refractivity contribution is 7.99. The van der Waals surface area contributed by atoms with E-state index in [1.807, 2.05) is 91.0 Å². The van der Waals surface area contributed by atoms with Crippen molar-refractivity contribution < 1.29 is 28.5 Å². The summed E-state index contributed by atoms with van der Waals surface area (Å²) in [4.78, 5) is 30.1. The highest BCUT2D eigenvalue weighted by Gasteiger charge is 2.56. The monoisotopic (exact) mass is 579 g/mol. The Morgan fingerprint density at radius 2 is 1.33 bits per heavy atom. The summed E-state index contributed by atoms with van der Waals surface area (Å²) in [5, 5.41) is 0. The maximum atomic E-state index is 13.9. The van der Waals surface area contributed by atoms with Crippen LogP contribution in [-0.2, 0) is 25.6 Å². The number of fused-ring (bicyclic) bond motifs is 2. The Morgan fingerprint density at radius 1 is 0.738 bits per heavy atom. The number of carbonyl (C=O) groups is 2. The summed E-state index contributed by atoms with van der Waals surface area (Å²) in [5.41, 5.74) is 1.98. The standard InChI is InChI=1S/C34H29NO6S/c36-31-25-18-10-11-19-26(25)32(37)35(31)28-30(38-20-22-12-4-1-5-13-22)29-27(40-34(28)42-24-16-8-3-9-17-24)21-39-33(41-29)23-14-6-2-7-15-23/h1-19,27-30,33-34H,20-21H2/t27-,28-,29-,30-,33?,34+/m1/s1. The van der Waals surface area contributed by atoms with Crippen LogP contribution in [0.3, 0.4) is 0 Å². The summed E-state index contributed by atoms with van der Waals surface area (Å²) in [6.07, 6.45) is -2.41. The first-order valence-electron chi connectivity index (χ1n) is 14.0. The number of benzene rings is 4. The van der Waals surface area contributed by atoms with Gasteiger partial charge >= 0.3 is 0 Å². The first kappa shape index (κ1) is 27.1. The quantitative estimate of drug-likeness (QED) is 0.254. The average molecular weight is 580 g/mol. The van der Waals surface area contributed by atoms with Crippen LogP contribution in [0.15, 0.2) is 120 Å². The van der Waals surface area contributed by atoms with Gasteiger partial charge in [0, 0.05) is 10.5 Å². The number of hydrogen-bond donors (Lipinski definition) is 0. The smallest absolute Gasteiger partial charge is 0.262 e. The number of hydrogen-bond acceptors (Lipinski definition) is 7. The van der Waals surface area contributed by atoms with Crippen LogP contribution < -0.4 is 0 Å². The van der Waals surface area contributed by atoms with E-state index < -0.39 is 36.1 Å². The normalized spacial score (nSPS) is 27.0. The molecule has 6 atom stereocenters. The van der Waals surface area contributed by atoms with Gasteiger partial charge in [-0.1, -0.05) is 103 Å². The van der Waals surface area contributed by atoms with Crippen molar-refractivity contribution in [2.45, 2.75) is 47.6 Å². The number of nitrogens with zero attached hydrogens (tertiary/aromatic N) is 1. The summed E-state index contributed by atoms with van der Waals surface area (Å²) in [6, 6.07) is 35.5. The Labute approximate surface area is 248 Å². The summed E-state index contributed by atoms with van der Waals surface area (Å²) >= 11 is 1.46. The molecule has 8 heteroatoms. The molecule has 3 heterocycles. The molecule has 0 bridgehead atoms. The van der Waals surface area contributed by atoms with Gasteiger partial charge in [0.1, 0.15) is 29.8 Å². The predicted octanol–water partition coefficient (Wildman–Crippen LogP) is 5.87. The van der Waals surface area contributed by atoms with Crippen LogP contribution in [0, 0.1) is 0 Å². The van der Waals surface area contributed by atoms with E-state index in [-0.39, 0.29) is 25.0 Å². The van der Waals surface area contributed by atoms with E-state index in [9.17, 15) is 9.59 Å². The van der Waals surface area contributed by atoms with Gasteiger partial charge in [0.2, 0.25) is 0 Å². The lowest BCUT2D eigenvalue weighted by Gasteiger charge is -2.51. The van der Waals surface area contributed by atoms with Crippen molar-refractivity contribution in [3.05, 3.63) is 138 Å². The maximum Gasteiger partial charge on any atom is 0.262 e. The minimum Gasteiger partial charge on any atom is -0.368 e. The molecule has 3 aliphatic heterocycles. The summed E-state index contributed by atoms with van der Waals surface area (Å²) in [7, 11) is 0. The second-order valence-electron chi connectivity index (χ2n) is 10.4. The molecule has 4 aromatic rings. The average Bonchev–Trinajstić information content (AvgIpc) is 3.30. The van der Waals surface area contributed by atoms with E-state index in [1.165, 1.54) is 16.7 Å². The predicted molar refractivity (Wildman–Crippen MR) is 157 cm³/mol. The van der Waals surface area contributed by atoms with Crippen LogP contribution in [0.2, 0.25) is 0 Å². The minimum absolute atomic E-state index is 0.274. The zero-order chi connectivity index (χ0) is 28.5. The number of imide groups is 1. The van der Waals surface area contributed by atoms with E-state index in [0.29, 0.717) is 11.1 Å². The molecule has 0 spiro atoms. The molecule has 7 nitrogen and oxygen atoms in total. The van der Waals surface area contributed by atoms with Gasteiger partial charge in [-0.25, -0.2) is 0 Å². The van der Waals surface area contributed by atoms with Crippen LogP contribution in [0.5, 0.6) is 0 Å². The lowest BCUT2D eigenvalue weighted by atomic mass is 9.95. The molecular formula is C34H29NO6S. The van der Waals surface area contributed by atoms with Gasteiger partial charge in [-0.2, -0.15) is 0 Å². The second-order valence-corrected chi connectivity index (χ2v) is 11.6. The third-order valence-electron chi connectivity index (χ3n) is 7.78. The van der Waals surface area contributed by atoms with E-state index in [1.54, 1.807) is 24.3 Å². The maximum absolute atomic E-state index is 13.9. The highest BCUT2D eigenvalue weighted by Crippen LogP contribution is 2.43. The van der Waals surface area contributed by atoms with Crippen molar-refractivity contribution >= 4 is 23.6 Å². The highest BCUT2D eigenvalue weighted by atomic mass is 32.2. The van der Waals surface area contributed by atoms with Gasteiger partial charge in [-0.05, 0) is 29.8 Å². The molecule has 2 amide bonds. The third kappa shape index (κ3) is 5.17. The number of amides is 2. The number of carbonyl (C=O) groups excluding carboxylic acids is 2. The van der Waals surface area contributed by atoms with Crippen molar-refractivity contribution in [3.8, 4) is 0 Å². The first-order valence-corrected chi connectivity index (χ1v) is 14.9. The van der Waals surface area contributed by atoms with Gasteiger partial charge < -0.3 is 18.9 Å². The van der Waals surface area contributed by atoms with Crippen molar-refractivity contribution in [1.82, 2.24) is 4.90 Å². The van der Waals surface area contributed by atoms with Crippen molar-refractivity contribution in [1.29, 1.82) is 0 Å². The Balaban J connectivity index is 1.29. The Kier molecular flexibility index (Phi) is 7.63. The van der Waals surface area contributed by atoms with E-state index >= 15 is 0 Å². The lowest BCUT2D eigenvalue weighted by Crippen LogP contribution is -2.67. The molecular weight excluding hydrogens is 550 g/mol. The van der Waals surface area contributed by atoms with Crippen LogP contribution in [0.4, 0.5) is 0 Å². The SMILES string of the molecule is O=C1c2ccccc2C(=O)N1[C@@H]1[C@@H](OCc2ccccc2)[C@@H]2OC(c3ccccc3)OC[C@H]2O[C@H]1Sc1ccccc1. The molecule has 0 radical (unpaired) electrons. The Bertz CT molecular complexity index is 1520. The lowest BCUT2D eigenvalue weighted by molar-refractivity contribution is -0.316. The number of thioether (sulfide) groups is 1. The molecule has 3 aliphatic rings. The van der Waals surface area contributed by atoms with Crippen LogP contribution in [0.25, 0.3) is 0 Å². The van der Waals surface area contributed by atoms with Crippen LogP contribution >= 0.6 is 11.8 Å². The molecule has 212 valence electrons. The van der Waals surface area contributed by atoms with Gasteiger partial charge in [-0.3, -0.25) is 14.5 Å². The van der Waals surface area contributed by atoms with Gasteiger partial charge in [-0.15, -0.1) is 0 Å². The summed E-state index contributed by atoms with van der Waals surface area (Å²) < 4.78 is 26.1. The van der Waals surface area contributed by atoms with Gasteiger partial charge in [0.25, 0.3) is 11.8 Å². The molecule has 1 unspecified atom stereocenters. The molecule has 7 rings (SSSR count). The fourth-order valence-corrected chi connectivity index (χ4v) is 6.97. The van der Waals surface area contributed by atoms with Gasteiger partial charge in [0.15, 0.2) is 6.29 Å². The minimum atomic E-state index is -0.776. The van der Waals surface area contributed by atoms with Gasteiger partial charge in [0.05, 0.1) is 24.3 Å². The zero-order valence-electron chi connectivity index (χ0n) is 22.7. The molecule has 0 saturated carbocycles. The number of rotatable bonds is 7. The molecule has 2 saturated heterocycles. The number of ether oxygens (including phenoxy) is 4. The second kappa shape index (κ2) is 11.8. The molecule has 4 aromatic carbocycles. The van der Waals surface area contributed by atoms with E-state index in [0.717, 1.165) is 16.0 Å². The van der Waals surface area contributed by atoms with Crippen LogP contribution in [0.1, 0.15) is 38.1 Å². The molecule has 0 N–H and O–H groups in total. The topological polar surface area (TPSA) is 74.3 Å². The largest absolute Gasteiger partial charge is 0.368 e. The Hall–Kier alpha value is -3.79.